The van der Waals surface area contributed by atoms with Crippen LogP contribution in [-0.4, -0.2) is 126 Å². The molecule has 0 heterocycles. The topological polar surface area (TPSA) is 308 Å². The Morgan fingerprint density at radius 2 is 0.895 bits per heavy atom. The van der Waals surface area contributed by atoms with E-state index < -0.39 is 127 Å². The number of carbonyl (C=O) groups excluding carboxylic acids is 9. The number of nitrogens with one attached hydrogen (secondary N) is 9. The number of ether oxygens (including phenoxy) is 1. The van der Waals surface area contributed by atoms with Gasteiger partial charge in [0.05, 0.1) is 26.2 Å². The monoisotopic (exact) mass is 813 g/mol. The van der Waals surface area contributed by atoms with Gasteiger partial charge in [0, 0.05) is 0 Å². The van der Waals surface area contributed by atoms with Gasteiger partial charge in [-0.15, -0.1) is 0 Å². The number of amides is 9. The summed E-state index contributed by atoms with van der Waals surface area (Å²) >= 11 is 0. The van der Waals surface area contributed by atoms with E-state index in [9.17, 15) is 53.1 Å². The van der Waals surface area contributed by atoms with E-state index in [1.807, 2.05) is 13.8 Å². The van der Waals surface area contributed by atoms with Gasteiger partial charge in [0.25, 0.3) is 0 Å². The third-order valence-electron chi connectivity index (χ3n) is 7.56. The molecule has 0 aromatic heterocycles. The van der Waals surface area contributed by atoms with E-state index in [1.54, 1.807) is 48.5 Å². The van der Waals surface area contributed by atoms with Gasteiger partial charge >= 0.3 is 12.1 Å². The molecule has 324 valence electrons. The van der Waals surface area contributed by atoms with E-state index in [0.717, 1.165) is 0 Å². The Morgan fingerprint density at radius 3 is 1.32 bits per heavy atom. The van der Waals surface area contributed by atoms with Gasteiger partial charge in [-0.1, -0.05) is 41.5 Å². The zero-order chi connectivity index (χ0) is 44.2. The maximum Gasteiger partial charge on any atom is 0.408 e. The molecule has 0 radical (unpaired) electrons. The zero-order valence-electron chi connectivity index (χ0n) is 34.8. The second-order valence-electron chi connectivity index (χ2n) is 15.7. The molecule has 0 bridgehead atoms. The van der Waals surface area contributed by atoms with Gasteiger partial charge < -0.3 is 57.7 Å². The number of hydrogen-bond donors (Lipinski definition) is 10. The van der Waals surface area contributed by atoms with E-state index in [-0.39, 0.29) is 24.7 Å². The molecule has 5 atom stereocenters. The van der Waals surface area contributed by atoms with Crippen LogP contribution in [0.5, 0.6) is 0 Å². The smallest absolute Gasteiger partial charge is 0.408 e. The maximum absolute atomic E-state index is 12.8. The number of carboxylic acids is 1. The highest BCUT2D eigenvalue weighted by Crippen LogP contribution is 2.10. The van der Waals surface area contributed by atoms with Crippen LogP contribution in [0, 0.1) is 17.8 Å². The van der Waals surface area contributed by atoms with Crippen LogP contribution in [0.4, 0.5) is 4.79 Å². The van der Waals surface area contributed by atoms with Crippen molar-refractivity contribution in [2.45, 2.75) is 125 Å². The Hall–Kier alpha value is -5.50. The van der Waals surface area contributed by atoms with Crippen molar-refractivity contribution in [3.05, 3.63) is 0 Å². The van der Waals surface area contributed by atoms with Crippen LogP contribution in [-0.2, 0) is 47.9 Å². The second kappa shape index (κ2) is 24.9. The molecule has 0 aromatic rings. The highest BCUT2D eigenvalue weighted by atomic mass is 16.6. The number of hydrogen-bond acceptors (Lipinski definition) is 11. The molecule has 0 rings (SSSR count). The fourth-order valence-corrected chi connectivity index (χ4v) is 4.76. The summed E-state index contributed by atoms with van der Waals surface area (Å²) in [5, 5.41) is 30.8. The molecular formula is C36H63N9O12. The molecule has 0 saturated heterocycles. The third kappa shape index (κ3) is 23.2. The summed E-state index contributed by atoms with van der Waals surface area (Å²) in [5.74, 6) is -7.44. The van der Waals surface area contributed by atoms with Gasteiger partial charge in [-0.25, -0.2) is 9.59 Å². The molecule has 0 aliphatic heterocycles. The predicted octanol–water partition coefficient (Wildman–Crippen LogP) is -1.84. The minimum Gasteiger partial charge on any atom is -0.480 e. The van der Waals surface area contributed by atoms with Crippen LogP contribution in [0.3, 0.4) is 0 Å². The van der Waals surface area contributed by atoms with E-state index in [4.69, 9.17) is 4.74 Å². The van der Waals surface area contributed by atoms with Gasteiger partial charge in [-0.05, 0) is 65.2 Å². The molecule has 9 amide bonds. The number of carboxylic acid groups (broad SMARTS) is 1. The van der Waals surface area contributed by atoms with Gasteiger partial charge in [0.2, 0.25) is 47.3 Å². The summed E-state index contributed by atoms with van der Waals surface area (Å²) in [6, 6.07) is -5.47. The molecule has 21 nitrogen and oxygen atoms in total. The lowest BCUT2D eigenvalue weighted by molar-refractivity contribution is -0.143. The number of rotatable bonds is 23. The quantitative estimate of drug-likeness (QED) is 0.0544. The van der Waals surface area contributed by atoms with Crippen molar-refractivity contribution in [2.24, 2.45) is 17.8 Å². The number of alkyl carbamates (subject to hydrolysis) is 1. The lowest BCUT2D eigenvalue weighted by Gasteiger charge is -2.25. The highest BCUT2D eigenvalue weighted by molar-refractivity contribution is 5.95. The molecule has 21 heteroatoms. The van der Waals surface area contributed by atoms with E-state index in [0.29, 0.717) is 0 Å². The van der Waals surface area contributed by atoms with E-state index >= 15 is 0 Å². The summed E-state index contributed by atoms with van der Waals surface area (Å²) in [6.07, 6.45) is -0.338. The highest BCUT2D eigenvalue weighted by Gasteiger charge is 2.30. The zero-order valence-corrected chi connectivity index (χ0v) is 34.8. The first-order valence-corrected chi connectivity index (χ1v) is 18.7. The minimum absolute atomic E-state index is 0.0131. The number of aliphatic carboxylic acids is 1. The summed E-state index contributed by atoms with van der Waals surface area (Å²) in [4.78, 5) is 124. The van der Waals surface area contributed by atoms with Crippen molar-refractivity contribution in [3.8, 4) is 0 Å². The molecule has 0 unspecified atom stereocenters. The van der Waals surface area contributed by atoms with Crippen molar-refractivity contribution >= 4 is 59.3 Å². The average Bonchev–Trinajstić information content (AvgIpc) is 3.07. The Labute approximate surface area is 333 Å². The summed E-state index contributed by atoms with van der Waals surface area (Å²) in [7, 11) is 0. The van der Waals surface area contributed by atoms with Crippen molar-refractivity contribution < 1.29 is 57.8 Å². The van der Waals surface area contributed by atoms with E-state index in [1.165, 1.54) is 13.8 Å². The Morgan fingerprint density at radius 1 is 0.491 bits per heavy atom. The van der Waals surface area contributed by atoms with Crippen LogP contribution >= 0.6 is 0 Å². The lowest BCUT2D eigenvalue weighted by Crippen LogP contribution is -2.56. The molecule has 0 aliphatic rings. The first-order valence-electron chi connectivity index (χ1n) is 18.7. The van der Waals surface area contributed by atoms with Crippen LogP contribution in [0.25, 0.3) is 0 Å². The fraction of sp³-hybridized carbons (Fsp3) is 0.722. The number of carbonyl (C=O) groups is 10. The largest absolute Gasteiger partial charge is 0.480 e. The molecule has 0 aromatic carbocycles. The first kappa shape index (κ1) is 51.5. The van der Waals surface area contributed by atoms with Crippen molar-refractivity contribution in [2.75, 3.05) is 26.2 Å². The van der Waals surface area contributed by atoms with Gasteiger partial charge in [-0.2, -0.15) is 0 Å². The average molecular weight is 814 g/mol. The van der Waals surface area contributed by atoms with Crippen LogP contribution in [0.1, 0.15) is 89.0 Å². The summed E-state index contributed by atoms with van der Waals surface area (Å²) in [5.41, 5.74) is -0.785. The fourth-order valence-electron chi connectivity index (χ4n) is 4.76. The van der Waals surface area contributed by atoms with Gasteiger partial charge in [0.15, 0.2) is 0 Å². The Kier molecular flexibility index (Phi) is 22.5. The van der Waals surface area contributed by atoms with Crippen molar-refractivity contribution in [1.82, 2.24) is 47.9 Å². The Bertz CT molecular complexity index is 1450. The Balaban J connectivity index is 4.71. The van der Waals surface area contributed by atoms with Crippen LogP contribution in [0.2, 0.25) is 0 Å². The summed E-state index contributed by atoms with van der Waals surface area (Å²) < 4.78 is 5.20. The minimum atomic E-state index is -1.21. The van der Waals surface area contributed by atoms with Gasteiger partial charge in [-0.3, -0.25) is 38.4 Å². The van der Waals surface area contributed by atoms with E-state index in [2.05, 4.69) is 47.9 Å². The van der Waals surface area contributed by atoms with Crippen LogP contribution < -0.4 is 47.9 Å². The lowest BCUT2D eigenvalue weighted by atomic mass is 10.0. The first-order chi connectivity index (χ1) is 26.2. The molecule has 0 spiro atoms. The normalized spacial score (nSPS) is 13.8. The molecule has 0 saturated carbocycles. The van der Waals surface area contributed by atoms with Crippen LogP contribution in [0.15, 0.2) is 0 Å². The SMILES string of the molecule is CC(C)C[C@H](NC(=O)[C@@H](NC(=O)CNC(=O)[C@H](C)NC(=O)CNC(=O)CNC(=O)[C@H](C)NC(=O)CNC(=O)[C@H](CC(C)C)NC(=O)OC(C)(C)C)C(C)C)C(=O)O. The second-order valence-corrected chi connectivity index (χ2v) is 15.7. The van der Waals surface area contributed by atoms with Crippen molar-refractivity contribution in [3.63, 3.8) is 0 Å². The molecule has 0 fully saturated rings. The standard InChI is InChI=1S/C36H63N9O12/c1-18(2)12-23(44-35(56)57-36(9,10)11)32(52)40-16-27(48)42-21(7)30(50)38-14-25(46)37-15-26(47)41-22(8)31(51)39-17-28(49)45-29(20(5)6)33(53)43-24(34(54)55)13-19(3)4/h18-24,29H,12-17H2,1-11H3,(H,37,46)(H,38,50)(H,39,51)(H,40,52)(H,41,47)(H,42,48)(H,43,53)(H,44,56)(H,45,49)(H,54,55)/t21-,22-,23-,24-,29-/m0/s1. The molecule has 0 aliphatic carbocycles. The molecule has 57 heavy (non-hydrogen) atoms. The van der Waals surface area contributed by atoms with Gasteiger partial charge in [0.1, 0.15) is 35.8 Å². The maximum atomic E-state index is 12.8. The summed E-state index contributed by atoms with van der Waals surface area (Å²) in [6.45, 7) is 16.1. The third-order valence-corrected chi connectivity index (χ3v) is 7.56. The van der Waals surface area contributed by atoms with Crippen molar-refractivity contribution in [1.29, 1.82) is 0 Å². The molecular weight excluding hydrogens is 750 g/mol. The molecule has 10 N–H and O–H groups in total. The predicted molar refractivity (Wildman–Crippen MR) is 206 cm³/mol.